The summed E-state index contributed by atoms with van der Waals surface area (Å²) in [4.78, 5) is 30.9. The van der Waals surface area contributed by atoms with Crippen LogP contribution in [0.3, 0.4) is 0 Å². The van der Waals surface area contributed by atoms with E-state index in [0.29, 0.717) is 19.6 Å². The summed E-state index contributed by atoms with van der Waals surface area (Å²) < 4.78 is 5.95. The second-order valence-electron chi connectivity index (χ2n) is 13.2. The molecule has 4 N–H and O–H groups in total. The van der Waals surface area contributed by atoms with Crippen LogP contribution in [0.1, 0.15) is 50.7 Å². The lowest BCUT2D eigenvalue weighted by atomic mass is 9.78. The van der Waals surface area contributed by atoms with E-state index in [4.69, 9.17) is 4.74 Å². The van der Waals surface area contributed by atoms with Gasteiger partial charge in [0, 0.05) is 37.3 Å². The number of carbonyl (C=O) groups is 2. The van der Waals surface area contributed by atoms with Gasteiger partial charge in [-0.15, -0.1) is 0 Å². The zero-order valence-electron chi connectivity index (χ0n) is 24.4. The van der Waals surface area contributed by atoms with Gasteiger partial charge in [-0.2, -0.15) is 5.01 Å². The fraction of sp³-hybridized carbons (Fsp3) is 0.667. The standard InChI is InChI=1S/C30H44N8O3/c1-30(2)18-35(3)16-19-14-20(8-9-22(19)30)32-29-31-15-21-26(34-29)38-24-11-10-23-27(33-24)36(25(39)17-41-23)12-6-4-5-7-13-37(38)28(21)40/h5,7-9,14,21,23-24,26-27,29,31-34H,4,6,10-13,15-18H2,1-3H3/b7-5-. The number of fused-ring (bicyclic) bond motifs is 6. The number of rotatable bonds is 2. The fourth-order valence-electron chi connectivity index (χ4n) is 7.92. The Morgan fingerprint density at radius 1 is 1.10 bits per heavy atom. The third-order valence-electron chi connectivity index (χ3n) is 9.70. The summed E-state index contributed by atoms with van der Waals surface area (Å²) in [6.07, 6.45) is 7.04. The number of nitrogens with one attached hydrogen (secondary N) is 4. The number of hydrazine groups is 1. The molecule has 0 aromatic heterocycles. The maximum absolute atomic E-state index is 13.7. The molecule has 1 aromatic rings. The van der Waals surface area contributed by atoms with Crippen molar-refractivity contribution in [1.82, 2.24) is 35.8 Å². The summed E-state index contributed by atoms with van der Waals surface area (Å²) in [5, 5.41) is 18.8. The van der Waals surface area contributed by atoms with Gasteiger partial charge in [0.05, 0.1) is 30.9 Å². The Bertz CT molecular complexity index is 1220. The van der Waals surface area contributed by atoms with Crippen molar-refractivity contribution in [1.29, 1.82) is 0 Å². The van der Waals surface area contributed by atoms with Crippen LogP contribution < -0.4 is 21.3 Å². The molecule has 0 radical (unpaired) electrons. The maximum Gasteiger partial charge on any atom is 0.249 e. The van der Waals surface area contributed by atoms with Gasteiger partial charge in [0.1, 0.15) is 19.1 Å². The SMILES string of the molecule is CN1Cc2cc(NC3NCC4C(=O)N5C/C=C\CCCN6C(=O)COC7CCC(NC76)N5C4N3)ccc2C(C)(C)C1. The Morgan fingerprint density at radius 3 is 2.85 bits per heavy atom. The lowest BCUT2D eigenvalue weighted by Crippen LogP contribution is -2.72. The Hall–Kier alpha value is -2.54. The molecular formula is C30H44N8O3. The Kier molecular flexibility index (Phi) is 7.08. The van der Waals surface area contributed by atoms with Gasteiger partial charge in [0.15, 0.2) is 0 Å². The van der Waals surface area contributed by atoms with E-state index in [2.05, 4.69) is 82.4 Å². The number of amides is 2. The van der Waals surface area contributed by atoms with Crippen LogP contribution in [-0.4, -0.2) is 102 Å². The highest BCUT2D eigenvalue weighted by molar-refractivity contribution is 5.82. The van der Waals surface area contributed by atoms with E-state index in [0.717, 1.165) is 44.5 Å². The molecule has 11 nitrogen and oxygen atoms in total. The normalized spacial score (nSPS) is 36.5. The number of likely N-dealkylation sites (N-methyl/N-ethyl adjacent to an activating group) is 1. The lowest BCUT2D eigenvalue weighted by Gasteiger charge is -2.50. The van der Waals surface area contributed by atoms with Crippen LogP contribution in [0.15, 0.2) is 30.4 Å². The third kappa shape index (κ3) is 4.96. The maximum atomic E-state index is 13.7. The zero-order chi connectivity index (χ0) is 28.3. The van der Waals surface area contributed by atoms with Crippen LogP contribution in [0.25, 0.3) is 0 Å². The van der Waals surface area contributed by atoms with Crippen molar-refractivity contribution in [3.63, 3.8) is 0 Å². The van der Waals surface area contributed by atoms with E-state index in [1.807, 2.05) is 9.91 Å². The van der Waals surface area contributed by atoms with Gasteiger partial charge in [-0.3, -0.25) is 30.5 Å². The van der Waals surface area contributed by atoms with Crippen molar-refractivity contribution >= 4 is 17.5 Å². The van der Waals surface area contributed by atoms with Crippen LogP contribution in [-0.2, 0) is 26.3 Å². The summed E-state index contributed by atoms with van der Waals surface area (Å²) in [7, 11) is 2.18. The van der Waals surface area contributed by atoms with E-state index in [-0.39, 0.29) is 60.6 Å². The molecule has 7 rings (SSSR count). The molecule has 6 unspecified atom stereocenters. The molecule has 41 heavy (non-hydrogen) atoms. The monoisotopic (exact) mass is 564 g/mol. The number of anilines is 1. The minimum atomic E-state index is -0.204. The van der Waals surface area contributed by atoms with Gasteiger partial charge in [-0.05, 0) is 56.0 Å². The molecule has 6 atom stereocenters. The summed E-state index contributed by atoms with van der Waals surface area (Å²) in [5.74, 6) is -0.0352. The molecule has 222 valence electrons. The van der Waals surface area contributed by atoms with Crippen LogP contribution >= 0.6 is 0 Å². The van der Waals surface area contributed by atoms with Gasteiger partial charge in [-0.25, -0.2) is 0 Å². The predicted octanol–water partition coefficient (Wildman–Crippen LogP) is 0.912. The van der Waals surface area contributed by atoms with Crippen LogP contribution in [0.4, 0.5) is 5.69 Å². The molecule has 11 heteroatoms. The average molecular weight is 565 g/mol. The molecule has 6 aliphatic rings. The number of hydrogen-bond acceptors (Lipinski definition) is 9. The molecular weight excluding hydrogens is 520 g/mol. The topological polar surface area (TPSA) is 104 Å². The molecule has 4 saturated heterocycles. The van der Waals surface area contributed by atoms with Crippen LogP contribution in [0.2, 0.25) is 0 Å². The smallest absolute Gasteiger partial charge is 0.249 e. The Balaban J connectivity index is 1.13. The molecule has 2 bridgehead atoms. The number of nitrogens with zero attached hydrogens (tertiary/aromatic N) is 4. The summed E-state index contributed by atoms with van der Waals surface area (Å²) in [6, 6.07) is 6.71. The number of allylic oxidation sites excluding steroid dienone is 1. The second kappa shape index (κ2) is 10.6. The minimum Gasteiger partial charge on any atom is -0.365 e. The molecule has 6 heterocycles. The fourth-order valence-corrected chi connectivity index (χ4v) is 7.92. The lowest BCUT2D eigenvalue weighted by molar-refractivity contribution is -0.176. The van der Waals surface area contributed by atoms with Gasteiger partial charge >= 0.3 is 0 Å². The average Bonchev–Trinajstić information content (AvgIpc) is 3.20. The molecule has 6 aliphatic heterocycles. The number of morpholine rings is 1. The molecule has 0 aliphatic carbocycles. The molecule has 1 aromatic carbocycles. The van der Waals surface area contributed by atoms with Gasteiger partial charge < -0.3 is 19.9 Å². The first kappa shape index (κ1) is 27.3. The molecule has 0 saturated carbocycles. The Morgan fingerprint density at radius 2 is 1.98 bits per heavy atom. The summed E-state index contributed by atoms with van der Waals surface area (Å²) in [5.41, 5.74) is 3.95. The minimum absolute atomic E-state index is 0.0200. The summed E-state index contributed by atoms with van der Waals surface area (Å²) in [6.45, 7) is 8.60. The zero-order valence-corrected chi connectivity index (χ0v) is 24.4. The van der Waals surface area contributed by atoms with Crippen molar-refractivity contribution in [2.45, 2.75) is 82.4 Å². The van der Waals surface area contributed by atoms with Crippen molar-refractivity contribution in [2.24, 2.45) is 5.92 Å². The molecule has 0 spiro atoms. The number of carbonyl (C=O) groups excluding carboxylic acids is 2. The van der Waals surface area contributed by atoms with Crippen molar-refractivity contribution in [2.75, 3.05) is 45.2 Å². The number of ether oxygens (including phenoxy) is 1. The van der Waals surface area contributed by atoms with Crippen molar-refractivity contribution < 1.29 is 14.3 Å². The van der Waals surface area contributed by atoms with Gasteiger partial charge in [-0.1, -0.05) is 32.1 Å². The van der Waals surface area contributed by atoms with Gasteiger partial charge in [0.2, 0.25) is 11.8 Å². The highest BCUT2D eigenvalue weighted by Gasteiger charge is 2.53. The van der Waals surface area contributed by atoms with Crippen LogP contribution in [0, 0.1) is 5.92 Å². The highest BCUT2D eigenvalue weighted by Crippen LogP contribution is 2.36. The van der Waals surface area contributed by atoms with Crippen molar-refractivity contribution in [3.8, 4) is 0 Å². The van der Waals surface area contributed by atoms with Gasteiger partial charge in [0.25, 0.3) is 0 Å². The first-order valence-corrected chi connectivity index (χ1v) is 15.3. The quantitative estimate of drug-likeness (QED) is 0.391. The largest absolute Gasteiger partial charge is 0.365 e. The number of piperidine rings is 1. The Labute approximate surface area is 242 Å². The first-order valence-electron chi connectivity index (χ1n) is 15.3. The van der Waals surface area contributed by atoms with E-state index >= 15 is 0 Å². The molecule has 2 amide bonds. The molecule has 4 fully saturated rings. The second-order valence-corrected chi connectivity index (χ2v) is 13.2. The summed E-state index contributed by atoms with van der Waals surface area (Å²) >= 11 is 0. The third-order valence-corrected chi connectivity index (χ3v) is 9.70. The predicted molar refractivity (Wildman–Crippen MR) is 155 cm³/mol. The number of benzene rings is 1. The van der Waals surface area contributed by atoms with E-state index in [1.165, 1.54) is 11.1 Å². The van der Waals surface area contributed by atoms with E-state index in [1.54, 1.807) is 0 Å². The highest BCUT2D eigenvalue weighted by atomic mass is 16.5. The van der Waals surface area contributed by atoms with Crippen molar-refractivity contribution in [3.05, 3.63) is 41.5 Å². The van der Waals surface area contributed by atoms with E-state index < -0.39 is 0 Å². The van der Waals surface area contributed by atoms with E-state index in [9.17, 15) is 9.59 Å². The number of hydrogen-bond donors (Lipinski definition) is 4. The van der Waals surface area contributed by atoms with Crippen LogP contribution in [0.5, 0.6) is 0 Å². The first-order chi connectivity index (χ1) is 19.8.